The highest BCUT2D eigenvalue weighted by atomic mass is 16.5. The second-order valence-electron chi connectivity index (χ2n) is 3.02. The molecule has 76 valence electrons. The van der Waals surface area contributed by atoms with E-state index in [4.69, 9.17) is 4.74 Å². The number of ether oxygens (including phenoxy) is 1. The Hall–Kier alpha value is -0.860. The van der Waals surface area contributed by atoms with Gasteiger partial charge in [-0.1, -0.05) is 26.7 Å². The number of ketones is 1. The van der Waals surface area contributed by atoms with Crippen LogP contribution in [0.4, 0.5) is 0 Å². The third kappa shape index (κ3) is 6.31. The van der Waals surface area contributed by atoms with Gasteiger partial charge in [0.25, 0.3) is 0 Å². The van der Waals surface area contributed by atoms with E-state index in [9.17, 15) is 9.59 Å². The van der Waals surface area contributed by atoms with Crippen LogP contribution in [0.1, 0.15) is 46.0 Å². The van der Waals surface area contributed by atoms with Crippen LogP contribution in [-0.2, 0) is 14.3 Å². The van der Waals surface area contributed by atoms with Crippen LogP contribution in [0.2, 0.25) is 0 Å². The molecular formula is C10H18O3. The van der Waals surface area contributed by atoms with Crippen LogP contribution in [-0.4, -0.2) is 18.4 Å². The molecular weight excluding hydrogens is 168 g/mol. The lowest BCUT2D eigenvalue weighted by atomic mass is 10.1. The molecule has 0 aliphatic carbocycles. The quantitative estimate of drug-likeness (QED) is 0.347. The zero-order valence-corrected chi connectivity index (χ0v) is 8.47. The first kappa shape index (κ1) is 12.1. The predicted octanol–water partition coefficient (Wildman–Crippen LogP) is 2.09. The third-order valence-electron chi connectivity index (χ3n) is 1.67. The standard InChI is InChI=1S/C10H18O3/c1-3-5-6-7-9(11)10(12)13-8-4-2/h3-8H2,1-2H3. The lowest BCUT2D eigenvalue weighted by Crippen LogP contribution is -2.17. The lowest BCUT2D eigenvalue weighted by molar-refractivity contribution is -0.153. The van der Waals surface area contributed by atoms with Crippen molar-refractivity contribution in [3.8, 4) is 0 Å². The summed E-state index contributed by atoms with van der Waals surface area (Å²) in [5.74, 6) is -1.06. The maximum absolute atomic E-state index is 11.0. The zero-order valence-electron chi connectivity index (χ0n) is 8.47. The van der Waals surface area contributed by atoms with E-state index in [1.165, 1.54) is 0 Å². The summed E-state index contributed by atoms with van der Waals surface area (Å²) in [6.07, 6.45) is 3.92. The molecule has 0 aliphatic rings. The fourth-order valence-electron chi connectivity index (χ4n) is 0.913. The molecule has 0 aromatic carbocycles. The van der Waals surface area contributed by atoms with E-state index in [0.29, 0.717) is 13.0 Å². The predicted molar refractivity (Wildman–Crippen MR) is 50.4 cm³/mol. The summed E-state index contributed by atoms with van der Waals surface area (Å²) >= 11 is 0. The van der Waals surface area contributed by atoms with Crippen LogP contribution in [0.3, 0.4) is 0 Å². The van der Waals surface area contributed by atoms with Gasteiger partial charge in [0, 0.05) is 6.42 Å². The molecule has 0 rings (SSSR count). The van der Waals surface area contributed by atoms with Gasteiger partial charge in [-0.3, -0.25) is 4.79 Å². The van der Waals surface area contributed by atoms with Crippen molar-refractivity contribution in [2.24, 2.45) is 0 Å². The number of hydrogen-bond donors (Lipinski definition) is 0. The molecule has 0 aromatic rings. The Bertz CT molecular complexity index is 164. The van der Waals surface area contributed by atoms with Crippen molar-refractivity contribution in [3.05, 3.63) is 0 Å². The topological polar surface area (TPSA) is 43.4 Å². The molecule has 0 spiro atoms. The minimum absolute atomic E-state index is 0.330. The molecule has 0 heterocycles. The Morgan fingerprint density at radius 3 is 2.31 bits per heavy atom. The molecule has 0 saturated heterocycles. The second-order valence-corrected chi connectivity index (χ2v) is 3.02. The van der Waals surface area contributed by atoms with Crippen molar-refractivity contribution in [1.82, 2.24) is 0 Å². The van der Waals surface area contributed by atoms with Crippen molar-refractivity contribution in [2.75, 3.05) is 6.61 Å². The van der Waals surface area contributed by atoms with E-state index in [1.807, 2.05) is 6.92 Å². The van der Waals surface area contributed by atoms with E-state index < -0.39 is 5.97 Å². The van der Waals surface area contributed by atoms with E-state index in [0.717, 1.165) is 25.7 Å². The van der Waals surface area contributed by atoms with Gasteiger partial charge in [0.05, 0.1) is 6.61 Å². The summed E-state index contributed by atoms with van der Waals surface area (Å²) in [6.45, 7) is 4.30. The summed E-state index contributed by atoms with van der Waals surface area (Å²) < 4.78 is 4.70. The summed E-state index contributed by atoms with van der Waals surface area (Å²) in [7, 11) is 0. The number of rotatable bonds is 7. The van der Waals surface area contributed by atoms with Crippen LogP contribution in [0.15, 0.2) is 0 Å². The molecule has 0 aliphatic heterocycles. The number of Topliss-reactive ketones (excluding diaryl/α,β-unsaturated/α-hetero) is 1. The molecule has 3 nitrogen and oxygen atoms in total. The van der Waals surface area contributed by atoms with Crippen molar-refractivity contribution in [3.63, 3.8) is 0 Å². The first-order valence-corrected chi connectivity index (χ1v) is 4.92. The Morgan fingerprint density at radius 1 is 1.08 bits per heavy atom. The molecule has 0 fully saturated rings. The summed E-state index contributed by atoms with van der Waals surface area (Å²) in [6, 6.07) is 0. The fraction of sp³-hybridized carbons (Fsp3) is 0.800. The minimum Gasteiger partial charge on any atom is -0.460 e. The average Bonchev–Trinajstić information content (AvgIpc) is 2.14. The second kappa shape index (κ2) is 7.77. The van der Waals surface area contributed by atoms with Crippen molar-refractivity contribution in [1.29, 1.82) is 0 Å². The molecule has 0 atom stereocenters. The normalized spacial score (nSPS) is 9.69. The van der Waals surface area contributed by atoms with E-state index in [1.54, 1.807) is 0 Å². The Kier molecular flexibility index (Phi) is 7.26. The molecule has 0 radical (unpaired) electrons. The van der Waals surface area contributed by atoms with E-state index in [-0.39, 0.29) is 5.78 Å². The van der Waals surface area contributed by atoms with Gasteiger partial charge in [0.2, 0.25) is 5.78 Å². The monoisotopic (exact) mass is 186 g/mol. The number of esters is 1. The van der Waals surface area contributed by atoms with Crippen LogP contribution in [0.25, 0.3) is 0 Å². The number of carbonyl (C=O) groups excluding carboxylic acids is 2. The van der Waals surface area contributed by atoms with Gasteiger partial charge >= 0.3 is 5.97 Å². The van der Waals surface area contributed by atoms with Crippen molar-refractivity contribution < 1.29 is 14.3 Å². The van der Waals surface area contributed by atoms with E-state index in [2.05, 4.69) is 6.92 Å². The average molecular weight is 186 g/mol. The molecule has 0 bridgehead atoms. The molecule has 3 heteroatoms. The first-order valence-electron chi connectivity index (χ1n) is 4.92. The Labute approximate surface area is 79.5 Å². The maximum Gasteiger partial charge on any atom is 0.374 e. The molecule has 0 aromatic heterocycles. The SMILES string of the molecule is CCCCCC(=O)C(=O)OCCC. The summed E-state index contributed by atoms with van der Waals surface area (Å²) in [5.41, 5.74) is 0. The number of hydrogen-bond acceptors (Lipinski definition) is 3. The number of carbonyl (C=O) groups is 2. The Morgan fingerprint density at radius 2 is 1.77 bits per heavy atom. The van der Waals surface area contributed by atoms with Gasteiger partial charge in [0.1, 0.15) is 0 Å². The van der Waals surface area contributed by atoms with Gasteiger partial charge in [-0.2, -0.15) is 0 Å². The molecule has 0 N–H and O–H groups in total. The van der Waals surface area contributed by atoms with Crippen LogP contribution < -0.4 is 0 Å². The minimum atomic E-state index is -0.669. The van der Waals surface area contributed by atoms with E-state index >= 15 is 0 Å². The fourth-order valence-corrected chi connectivity index (χ4v) is 0.913. The largest absolute Gasteiger partial charge is 0.460 e. The molecule has 0 amide bonds. The third-order valence-corrected chi connectivity index (χ3v) is 1.67. The van der Waals surface area contributed by atoms with Crippen LogP contribution in [0.5, 0.6) is 0 Å². The Balaban J connectivity index is 3.51. The zero-order chi connectivity index (χ0) is 10.1. The van der Waals surface area contributed by atoms with Crippen LogP contribution >= 0.6 is 0 Å². The lowest BCUT2D eigenvalue weighted by Gasteiger charge is -2.01. The van der Waals surface area contributed by atoms with Crippen LogP contribution in [0, 0.1) is 0 Å². The summed E-state index contributed by atoms with van der Waals surface area (Å²) in [4.78, 5) is 22.0. The van der Waals surface area contributed by atoms with Gasteiger partial charge in [0.15, 0.2) is 0 Å². The smallest absolute Gasteiger partial charge is 0.374 e. The highest BCUT2D eigenvalue weighted by Crippen LogP contribution is 2.00. The van der Waals surface area contributed by atoms with Crippen molar-refractivity contribution in [2.45, 2.75) is 46.0 Å². The van der Waals surface area contributed by atoms with Gasteiger partial charge in [-0.15, -0.1) is 0 Å². The maximum atomic E-state index is 11.0. The van der Waals surface area contributed by atoms with Gasteiger partial charge < -0.3 is 4.74 Å². The highest BCUT2D eigenvalue weighted by Gasteiger charge is 2.13. The molecule has 13 heavy (non-hydrogen) atoms. The summed E-state index contributed by atoms with van der Waals surface area (Å²) in [5, 5.41) is 0. The molecule has 0 unspecified atom stereocenters. The molecule has 0 saturated carbocycles. The van der Waals surface area contributed by atoms with Gasteiger partial charge in [-0.05, 0) is 12.8 Å². The highest BCUT2D eigenvalue weighted by molar-refractivity contribution is 6.33. The first-order chi connectivity index (χ1) is 6.22. The number of unbranched alkanes of at least 4 members (excludes halogenated alkanes) is 2. The van der Waals surface area contributed by atoms with Crippen molar-refractivity contribution >= 4 is 11.8 Å². The van der Waals surface area contributed by atoms with Gasteiger partial charge in [-0.25, -0.2) is 4.79 Å².